The van der Waals surface area contributed by atoms with Crippen LogP contribution in [0, 0.1) is 0 Å². The average molecular weight is 299 g/mol. The van der Waals surface area contributed by atoms with Crippen molar-refractivity contribution in [3.63, 3.8) is 0 Å². The molecular formula is C17H17NO2S. The molecule has 0 atom stereocenters. The van der Waals surface area contributed by atoms with Crippen LogP contribution in [0.2, 0.25) is 0 Å². The Morgan fingerprint density at radius 2 is 1.95 bits per heavy atom. The molecule has 3 nitrogen and oxygen atoms in total. The van der Waals surface area contributed by atoms with Gasteiger partial charge in [-0.05, 0) is 31.2 Å². The summed E-state index contributed by atoms with van der Waals surface area (Å²) in [6.07, 6.45) is 0. The number of ether oxygens (including phenoxy) is 1. The van der Waals surface area contributed by atoms with Gasteiger partial charge in [0.1, 0.15) is 5.75 Å². The van der Waals surface area contributed by atoms with Crippen molar-refractivity contribution in [1.29, 1.82) is 0 Å². The molecule has 108 valence electrons. The van der Waals surface area contributed by atoms with Crippen molar-refractivity contribution in [2.45, 2.75) is 11.8 Å². The Morgan fingerprint density at radius 1 is 1.19 bits per heavy atom. The standard InChI is InChI=1S/C17H17NO2S/c1-2-20-15-9-5-3-7-13(15)17(19)18-11-12-21-16-10-6-4-8-14(16)18/h3-10H,2,11-12H2,1H3. The molecule has 0 aromatic heterocycles. The summed E-state index contributed by atoms with van der Waals surface area (Å²) < 4.78 is 5.58. The van der Waals surface area contributed by atoms with Gasteiger partial charge in [0.25, 0.3) is 5.91 Å². The highest BCUT2D eigenvalue weighted by Crippen LogP contribution is 2.35. The van der Waals surface area contributed by atoms with Gasteiger partial charge in [-0.25, -0.2) is 0 Å². The minimum absolute atomic E-state index is 0.00630. The number of fused-ring (bicyclic) bond motifs is 1. The molecule has 21 heavy (non-hydrogen) atoms. The van der Waals surface area contributed by atoms with E-state index in [9.17, 15) is 4.79 Å². The number of rotatable bonds is 3. The zero-order chi connectivity index (χ0) is 14.7. The van der Waals surface area contributed by atoms with Crippen molar-refractivity contribution in [1.82, 2.24) is 0 Å². The smallest absolute Gasteiger partial charge is 0.262 e. The number of hydrogen-bond acceptors (Lipinski definition) is 3. The first-order chi connectivity index (χ1) is 10.3. The predicted octanol–water partition coefficient (Wildman–Crippen LogP) is 3.84. The van der Waals surface area contributed by atoms with Crippen LogP contribution >= 0.6 is 11.8 Å². The molecule has 0 saturated heterocycles. The van der Waals surface area contributed by atoms with Crippen molar-refractivity contribution in [3.05, 3.63) is 54.1 Å². The number of benzene rings is 2. The van der Waals surface area contributed by atoms with E-state index in [4.69, 9.17) is 4.74 Å². The summed E-state index contributed by atoms with van der Waals surface area (Å²) in [5.74, 6) is 1.58. The van der Waals surface area contributed by atoms with E-state index in [0.29, 0.717) is 17.9 Å². The molecule has 0 bridgehead atoms. The molecule has 0 saturated carbocycles. The van der Waals surface area contributed by atoms with Gasteiger partial charge in [-0.15, -0.1) is 11.8 Å². The molecule has 0 aliphatic carbocycles. The molecule has 3 rings (SSSR count). The number of thioether (sulfide) groups is 1. The van der Waals surface area contributed by atoms with Gasteiger partial charge in [-0.1, -0.05) is 24.3 Å². The van der Waals surface area contributed by atoms with Gasteiger partial charge in [0.05, 0.1) is 17.9 Å². The fourth-order valence-corrected chi connectivity index (χ4v) is 3.45. The van der Waals surface area contributed by atoms with E-state index in [1.165, 1.54) is 0 Å². The van der Waals surface area contributed by atoms with E-state index in [2.05, 4.69) is 6.07 Å². The van der Waals surface area contributed by atoms with Crippen LogP contribution < -0.4 is 9.64 Å². The Hall–Kier alpha value is -1.94. The topological polar surface area (TPSA) is 29.5 Å². The first kappa shape index (κ1) is 14.0. The molecule has 1 aliphatic rings. The first-order valence-corrected chi connectivity index (χ1v) is 8.05. The minimum atomic E-state index is 0.00630. The molecular weight excluding hydrogens is 282 g/mol. The van der Waals surface area contributed by atoms with Crippen LogP contribution in [0.1, 0.15) is 17.3 Å². The number of hydrogen-bond donors (Lipinski definition) is 0. The summed E-state index contributed by atoms with van der Waals surface area (Å²) >= 11 is 1.79. The summed E-state index contributed by atoms with van der Waals surface area (Å²) in [6, 6.07) is 15.5. The lowest BCUT2D eigenvalue weighted by Gasteiger charge is -2.29. The second kappa shape index (κ2) is 6.22. The molecule has 1 aliphatic heterocycles. The van der Waals surface area contributed by atoms with E-state index < -0.39 is 0 Å². The van der Waals surface area contributed by atoms with Crippen LogP contribution in [0.3, 0.4) is 0 Å². The Balaban J connectivity index is 1.97. The predicted molar refractivity (Wildman–Crippen MR) is 86.5 cm³/mol. The molecule has 2 aromatic rings. The molecule has 1 heterocycles. The lowest BCUT2D eigenvalue weighted by atomic mass is 10.1. The van der Waals surface area contributed by atoms with Gasteiger partial charge in [-0.3, -0.25) is 4.79 Å². The van der Waals surface area contributed by atoms with E-state index >= 15 is 0 Å². The summed E-state index contributed by atoms with van der Waals surface area (Å²) in [4.78, 5) is 15.9. The average Bonchev–Trinajstić information content (AvgIpc) is 2.54. The fourth-order valence-electron chi connectivity index (χ4n) is 2.45. The third-order valence-corrected chi connectivity index (χ3v) is 4.43. The summed E-state index contributed by atoms with van der Waals surface area (Å²) in [6.45, 7) is 3.20. The molecule has 4 heteroatoms. The van der Waals surface area contributed by atoms with Gasteiger partial charge in [0.2, 0.25) is 0 Å². The lowest BCUT2D eigenvalue weighted by Crippen LogP contribution is -2.35. The largest absolute Gasteiger partial charge is 0.493 e. The van der Waals surface area contributed by atoms with Crippen LogP contribution in [-0.2, 0) is 0 Å². The number of amides is 1. The van der Waals surface area contributed by atoms with Crippen molar-refractivity contribution in [2.75, 3.05) is 23.8 Å². The zero-order valence-electron chi connectivity index (χ0n) is 11.9. The zero-order valence-corrected chi connectivity index (χ0v) is 12.7. The number of carbonyl (C=O) groups is 1. The summed E-state index contributed by atoms with van der Waals surface area (Å²) in [7, 11) is 0. The number of anilines is 1. The molecule has 2 aromatic carbocycles. The normalized spacial score (nSPS) is 13.7. The van der Waals surface area contributed by atoms with Crippen LogP contribution in [0.4, 0.5) is 5.69 Å². The van der Waals surface area contributed by atoms with Crippen molar-refractivity contribution in [2.24, 2.45) is 0 Å². The second-order valence-corrected chi connectivity index (χ2v) is 5.84. The number of carbonyl (C=O) groups excluding carboxylic acids is 1. The van der Waals surface area contributed by atoms with Crippen molar-refractivity contribution >= 4 is 23.4 Å². The summed E-state index contributed by atoms with van der Waals surface area (Å²) in [5, 5.41) is 0. The van der Waals surface area contributed by atoms with Gasteiger partial charge < -0.3 is 9.64 Å². The van der Waals surface area contributed by atoms with E-state index in [1.807, 2.05) is 54.3 Å². The Morgan fingerprint density at radius 3 is 2.81 bits per heavy atom. The monoisotopic (exact) mass is 299 g/mol. The molecule has 0 spiro atoms. The van der Waals surface area contributed by atoms with E-state index in [-0.39, 0.29) is 5.91 Å². The maximum atomic E-state index is 12.9. The highest BCUT2D eigenvalue weighted by Gasteiger charge is 2.25. The quantitative estimate of drug-likeness (QED) is 0.862. The summed E-state index contributed by atoms with van der Waals surface area (Å²) in [5.41, 5.74) is 1.62. The van der Waals surface area contributed by atoms with Crippen LogP contribution in [0.5, 0.6) is 5.75 Å². The lowest BCUT2D eigenvalue weighted by molar-refractivity contribution is 0.0984. The van der Waals surface area contributed by atoms with Gasteiger partial charge in [0, 0.05) is 17.2 Å². The van der Waals surface area contributed by atoms with Crippen LogP contribution in [0.25, 0.3) is 0 Å². The number of para-hydroxylation sites is 2. The van der Waals surface area contributed by atoms with Gasteiger partial charge >= 0.3 is 0 Å². The number of nitrogens with zero attached hydrogens (tertiary/aromatic N) is 1. The molecule has 1 amide bonds. The van der Waals surface area contributed by atoms with E-state index in [1.54, 1.807) is 11.8 Å². The fraction of sp³-hybridized carbons (Fsp3) is 0.235. The van der Waals surface area contributed by atoms with Crippen LogP contribution in [0.15, 0.2) is 53.4 Å². The third-order valence-electron chi connectivity index (χ3n) is 3.39. The second-order valence-electron chi connectivity index (χ2n) is 4.70. The van der Waals surface area contributed by atoms with Crippen molar-refractivity contribution in [3.8, 4) is 5.75 Å². The Kier molecular flexibility index (Phi) is 4.15. The van der Waals surface area contributed by atoms with Crippen LogP contribution in [-0.4, -0.2) is 24.8 Å². The van der Waals surface area contributed by atoms with Gasteiger partial charge in [-0.2, -0.15) is 0 Å². The maximum Gasteiger partial charge on any atom is 0.262 e. The SMILES string of the molecule is CCOc1ccccc1C(=O)N1CCSc2ccccc21. The Bertz CT molecular complexity index is 657. The van der Waals surface area contributed by atoms with Crippen molar-refractivity contribution < 1.29 is 9.53 Å². The van der Waals surface area contributed by atoms with Gasteiger partial charge in [0.15, 0.2) is 0 Å². The highest BCUT2D eigenvalue weighted by atomic mass is 32.2. The first-order valence-electron chi connectivity index (χ1n) is 7.06. The highest BCUT2D eigenvalue weighted by molar-refractivity contribution is 7.99. The molecule has 0 N–H and O–H groups in total. The molecule has 0 fully saturated rings. The third kappa shape index (κ3) is 2.76. The molecule has 0 radical (unpaired) electrons. The maximum absolute atomic E-state index is 12.9. The minimum Gasteiger partial charge on any atom is -0.493 e. The Labute approximate surface area is 128 Å². The molecule has 0 unspecified atom stereocenters. The van der Waals surface area contributed by atoms with E-state index in [0.717, 1.165) is 22.9 Å².